The molecule has 23 heavy (non-hydrogen) atoms. The summed E-state index contributed by atoms with van der Waals surface area (Å²) in [5.41, 5.74) is 1.74. The molecule has 2 atom stereocenters. The Morgan fingerprint density at radius 2 is 2.09 bits per heavy atom. The fraction of sp³-hybridized carbons (Fsp3) is 0.316. The second-order valence-electron chi connectivity index (χ2n) is 5.84. The van der Waals surface area contributed by atoms with Gasteiger partial charge >= 0.3 is 0 Å². The molecule has 0 bridgehead atoms. The lowest BCUT2D eigenvalue weighted by molar-refractivity contribution is -0.125. The number of furan rings is 1. The van der Waals surface area contributed by atoms with Crippen molar-refractivity contribution in [1.82, 2.24) is 5.32 Å². The summed E-state index contributed by atoms with van der Waals surface area (Å²) in [5, 5.41) is 13.1. The van der Waals surface area contributed by atoms with E-state index in [0.717, 1.165) is 36.1 Å². The quantitative estimate of drug-likeness (QED) is 0.831. The molecule has 3 rings (SSSR count). The maximum atomic E-state index is 12.1. The van der Waals surface area contributed by atoms with Crippen LogP contribution in [0.2, 0.25) is 0 Å². The number of carbonyl (C=O) groups excluding carboxylic acids is 1. The van der Waals surface area contributed by atoms with Crippen molar-refractivity contribution in [2.24, 2.45) is 5.92 Å². The maximum Gasteiger partial charge on any atom is 0.223 e. The van der Waals surface area contributed by atoms with Crippen molar-refractivity contribution < 1.29 is 14.3 Å². The monoisotopic (exact) mass is 311 g/mol. The van der Waals surface area contributed by atoms with Crippen LogP contribution in [0.25, 0.3) is 11.3 Å². The van der Waals surface area contributed by atoms with Gasteiger partial charge in [0.25, 0.3) is 0 Å². The van der Waals surface area contributed by atoms with Gasteiger partial charge in [-0.25, -0.2) is 0 Å². The lowest BCUT2D eigenvalue weighted by Crippen LogP contribution is -2.34. The number of aliphatic hydroxyl groups excluding tert-OH is 1. The SMILES string of the molecule is O=C(NC[C@H](O)c1ccc(-c2ccco2)cc1)[C@H]1CC=CCC1. The predicted molar refractivity (Wildman–Crippen MR) is 88.6 cm³/mol. The highest BCUT2D eigenvalue weighted by Crippen LogP contribution is 2.22. The molecule has 0 saturated heterocycles. The third kappa shape index (κ3) is 3.90. The first-order chi connectivity index (χ1) is 11.2. The van der Waals surface area contributed by atoms with Gasteiger partial charge in [-0.05, 0) is 37.0 Å². The van der Waals surface area contributed by atoms with Crippen molar-refractivity contribution >= 4 is 5.91 Å². The van der Waals surface area contributed by atoms with Gasteiger partial charge in [0.2, 0.25) is 5.91 Å². The van der Waals surface area contributed by atoms with Crippen molar-refractivity contribution in [2.45, 2.75) is 25.4 Å². The van der Waals surface area contributed by atoms with E-state index < -0.39 is 6.10 Å². The Morgan fingerprint density at radius 3 is 2.74 bits per heavy atom. The zero-order chi connectivity index (χ0) is 16.1. The van der Waals surface area contributed by atoms with Crippen molar-refractivity contribution in [3.8, 4) is 11.3 Å². The topological polar surface area (TPSA) is 62.5 Å². The average Bonchev–Trinajstić information content (AvgIpc) is 3.15. The minimum absolute atomic E-state index is 0.0283. The summed E-state index contributed by atoms with van der Waals surface area (Å²) < 4.78 is 5.34. The summed E-state index contributed by atoms with van der Waals surface area (Å²) >= 11 is 0. The van der Waals surface area contributed by atoms with Crippen molar-refractivity contribution in [3.63, 3.8) is 0 Å². The Bertz CT molecular complexity index is 658. The Hall–Kier alpha value is -2.33. The molecular formula is C19H21NO3. The highest BCUT2D eigenvalue weighted by atomic mass is 16.3. The van der Waals surface area contributed by atoms with E-state index in [1.807, 2.05) is 36.4 Å². The lowest BCUT2D eigenvalue weighted by Gasteiger charge is -2.19. The first-order valence-corrected chi connectivity index (χ1v) is 7.98. The van der Waals surface area contributed by atoms with Crippen LogP contribution in [0, 0.1) is 5.92 Å². The Balaban J connectivity index is 1.54. The molecule has 4 heteroatoms. The number of benzene rings is 1. The van der Waals surface area contributed by atoms with Crippen molar-refractivity contribution in [1.29, 1.82) is 0 Å². The number of amides is 1. The van der Waals surface area contributed by atoms with E-state index in [-0.39, 0.29) is 18.4 Å². The van der Waals surface area contributed by atoms with Gasteiger partial charge in [-0.1, -0.05) is 36.4 Å². The normalized spacial score (nSPS) is 18.6. The van der Waals surface area contributed by atoms with Gasteiger partial charge in [0.15, 0.2) is 0 Å². The lowest BCUT2D eigenvalue weighted by atomic mass is 9.93. The molecule has 0 spiro atoms. The molecule has 120 valence electrons. The van der Waals surface area contributed by atoms with E-state index >= 15 is 0 Å². The number of nitrogens with one attached hydrogen (secondary N) is 1. The van der Waals surface area contributed by atoms with Crippen molar-refractivity contribution in [2.75, 3.05) is 6.54 Å². The highest BCUT2D eigenvalue weighted by molar-refractivity contribution is 5.79. The van der Waals surface area contributed by atoms with Crippen LogP contribution in [0.1, 0.15) is 30.9 Å². The van der Waals surface area contributed by atoms with Crippen molar-refractivity contribution in [3.05, 3.63) is 60.4 Å². The summed E-state index contributed by atoms with van der Waals surface area (Å²) in [4.78, 5) is 12.1. The van der Waals surface area contributed by atoms with E-state index in [4.69, 9.17) is 4.42 Å². The fourth-order valence-corrected chi connectivity index (χ4v) is 2.80. The van der Waals surface area contributed by atoms with Gasteiger partial charge in [0, 0.05) is 18.0 Å². The molecule has 1 aromatic heterocycles. The third-order valence-electron chi connectivity index (χ3n) is 4.21. The number of allylic oxidation sites excluding steroid dienone is 2. The van der Waals surface area contributed by atoms with Crippen LogP contribution in [0.5, 0.6) is 0 Å². The molecule has 2 N–H and O–H groups in total. The number of aliphatic hydroxyl groups is 1. The van der Waals surface area contributed by atoms with E-state index in [0.29, 0.717) is 0 Å². The third-order valence-corrected chi connectivity index (χ3v) is 4.21. The number of hydrogen-bond acceptors (Lipinski definition) is 3. The van der Waals surface area contributed by atoms with Gasteiger partial charge in [0.05, 0.1) is 12.4 Å². The average molecular weight is 311 g/mol. The number of carbonyl (C=O) groups is 1. The molecule has 2 aromatic rings. The zero-order valence-corrected chi connectivity index (χ0v) is 12.9. The second-order valence-corrected chi connectivity index (χ2v) is 5.84. The molecule has 0 fully saturated rings. The smallest absolute Gasteiger partial charge is 0.223 e. The largest absolute Gasteiger partial charge is 0.464 e. The van der Waals surface area contributed by atoms with Gasteiger partial charge in [0.1, 0.15) is 5.76 Å². The van der Waals surface area contributed by atoms with Crippen LogP contribution >= 0.6 is 0 Å². The predicted octanol–water partition coefficient (Wildman–Crippen LogP) is 3.45. The molecule has 1 heterocycles. The Morgan fingerprint density at radius 1 is 1.26 bits per heavy atom. The molecular weight excluding hydrogens is 290 g/mol. The molecule has 0 radical (unpaired) electrons. The van der Waals surface area contributed by atoms with Crippen LogP contribution in [-0.4, -0.2) is 17.6 Å². The molecule has 1 aliphatic rings. The van der Waals surface area contributed by atoms with Crippen LogP contribution in [0.4, 0.5) is 0 Å². The van der Waals surface area contributed by atoms with Crippen LogP contribution in [0.15, 0.2) is 59.2 Å². The van der Waals surface area contributed by atoms with Crippen LogP contribution in [-0.2, 0) is 4.79 Å². The molecule has 0 unspecified atom stereocenters. The first kappa shape index (κ1) is 15.6. The van der Waals surface area contributed by atoms with Gasteiger partial charge < -0.3 is 14.8 Å². The minimum atomic E-state index is -0.705. The Labute approximate surface area is 135 Å². The fourth-order valence-electron chi connectivity index (χ4n) is 2.80. The molecule has 4 nitrogen and oxygen atoms in total. The van der Waals surface area contributed by atoms with Crippen LogP contribution < -0.4 is 5.32 Å². The molecule has 1 aromatic carbocycles. The van der Waals surface area contributed by atoms with E-state index in [1.165, 1.54) is 0 Å². The first-order valence-electron chi connectivity index (χ1n) is 7.98. The van der Waals surface area contributed by atoms with Gasteiger partial charge in [-0.15, -0.1) is 0 Å². The summed E-state index contributed by atoms with van der Waals surface area (Å²) in [6.07, 6.45) is 7.72. The Kier molecular flexibility index (Phi) is 4.93. The number of rotatable bonds is 5. The second kappa shape index (κ2) is 7.29. The summed E-state index contributed by atoms with van der Waals surface area (Å²) in [7, 11) is 0. The zero-order valence-electron chi connectivity index (χ0n) is 12.9. The maximum absolute atomic E-state index is 12.1. The molecule has 0 aliphatic heterocycles. The van der Waals surface area contributed by atoms with Gasteiger partial charge in [-0.3, -0.25) is 4.79 Å². The highest BCUT2D eigenvalue weighted by Gasteiger charge is 2.19. The van der Waals surface area contributed by atoms with E-state index in [1.54, 1.807) is 6.26 Å². The number of hydrogen-bond donors (Lipinski definition) is 2. The molecule has 1 amide bonds. The van der Waals surface area contributed by atoms with E-state index in [2.05, 4.69) is 17.5 Å². The van der Waals surface area contributed by atoms with Gasteiger partial charge in [-0.2, -0.15) is 0 Å². The minimum Gasteiger partial charge on any atom is -0.464 e. The summed E-state index contributed by atoms with van der Waals surface area (Å²) in [6, 6.07) is 11.3. The van der Waals surface area contributed by atoms with Crippen LogP contribution in [0.3, 0.4) is 0 Å². The molecule has 0 saturated carbocycles. The standard InChI is InChI=1S/C19H21NO3/c21-17(13-20-19(22)16-5-2-1-3-6-16)14-8-10-15(11-9-14)18-7-4-12-23-18/h1-2,4,7-12,16-17,21H,3,5-6,13H2,(H,20,22)/t16-,17-/m0/s1. The van der Waals surface area contributed by atoms with E-state index in [9.17, 15) is 9.90 Å². The summed E-state index contributed by atoms with van der Waals surface area (Å²) in [5.74, 6) is 0.860. The summed E-state index contributed by atoms with van der Waals surface area (Å²) in [6.45, 7) is 0.235. The molecule has 1 aliphatic carbocycles.